The summed E-state index contributed by atoms with van der Waals surface area (Å²) < 4.78 is 13.2. The smallest absolute Gasteiger partial charge is 0.410 e. The number of hydrogen-bond donors (Lipinski definition) is 0. The molecule has 0 aromatic carbocycles. The maximum Gasteiger partial charge on any atom is 0.410 e. The maximum absolute atomic E-state index is 12.2. The topological polar surface area (TPSA) is 69.5 Å². The number of allylic oxidation sites excluding steroid dienone is 2. The van der Waals surface area contributed by atoms with Gasteiger partial charge in [-0.3, -0.25) is 4.98 Å². The van der Waals surface area contributed by atoms with E-state index >= 15 is 0 Å². The molecule has 1 amide bonds. The van der Waals surface area contributed by atoms with Crippen molar-refractivity contribution in [2.24, 2.45) is 0 Å². The highest BCUT2D eigenvalue weighted by Gasteiger charge is 2.30. The van der Waals surface area contributed by atoms with Gasteiger partial charge in [-0.05, 0) is 45.9 Å². The molecule has 0 bridgehead atoms. The molecule has 7 nitrogen and oxygen atoms in total. The van der Waals surface area contributed by atoms with Gasteiger partial charge in [0.1, 0.15) is 17.5 Å². The fourth-order valence-electron chi connectivity index (χ4n) is 3.00. The van der Waals surface area contributed by atoms with Crippen molar-refractivity contribution in [3.8, 4) is 5.75 Å². The maximum atomic E-state index is 12.2. The van der Waals surface area contributed by atoms with Gasteiger partial charge in [-0.2, -0.15) is 5.10 Å². The summed E-state index contributed by atoms with van der Waals surface area (Å²) in [6.45, 7) is 12.6. The van der Waals surface area contributed by atoms with Crippen LogP contribution in [0, 0.1) is 6.92 Å². The molecule has 1 atom stereocenters. The molecule has 1 aliphatic heterocycles. The Morgan fingerprint density at radius 2 is 2.10 bits per heavy atom. The largest absolute Gasteiger partial charge is 0.487 e. The van der Waals surface area contributed by atoms with Gasteiger partial charge in [-0.1, -0.05) is 12.7 Å². The molecule has 3 rings (SSSR count). The third kappa shape index (κ3) is 5.47. The molecule has 2 aromatic heterocycles. The number of aryl methyl sites for hydroxylation is 1. The standard InChI is InChI=1S/C22H28N4O3/c1-6-17(14-26-16(2)9-11-24-26)20-8-7-18(13-23-20)28-19-10-12-25(15-19)21(27)29-22(3,4)5/h6-9,11,13-14,19H,1,10,12,15H2,2-5H3/b17-14+. The lowest BCUT2D eigenvalue weighted by atomic mass is 10.2. The van der Waals surface area contributed by atoms with Crippen LogP contribution in [0.15, 0.2) is 43.2 Å². The van der Waals surface area contributed by atoms with E-state index in [1.807, 2.05) is 52.1 Å². The summed E-state index contributed by atoms with van der Waals surface area (Å²) in [6.07, 6.45) is 7.47. The molecular weight excluding hydrogens is 368 g/mol. The molecule has 29 heavy (non-hydrogen) atoms. The molecule has 0 spiro atoms. The SMILES string of the molecule is C=C/C(=C\n1nccc1C)c1ccc(OC2CCN(C(=O)OC(C)(C)C)C2)cn1. The number of likely N-dealkylation sites (tertiary alicyclic amines) is 1. The molecule has 7 heteroatoms. The summed E-state index contributed by atoms with van der Waals surface area (Å²) in [4.78, 5) is 18.4. The molecule has 0 N–H and O–H groups in total. The minimum absolute atomic E-state index is 0.0729. The Hall–Kier alpha value is -3.09. The zero-order chi connectivity index (χ0) is 21.0. The van der Waals surface area contributed by atoms with Gasteiger partial charge in [-0.25, -0.2) is 9.48 Å². The van der Waals surface area contributed by atoms with Crippen molar-refractivity contribution in [2.75, 3.05) is 13.1 Å². The van der Waals surface area contributed by atoms with Gasteiger partial charge in [0.05, 0.1) is 18.4 Å². The van der Waals surface area contributed by atoms with Crippen molar-refractivity contribution in [1.82, 2.24) is 19.7 Å². The Labute approximate surface area is 171 Å². The lowest BCUT2D eigenvalue weighted by Gasteiger charge is -2.24. The molecule has 3 heterocycles. The van der Waals surface area contributed by atoms with Crippen LogP contribution >= 0.6 is 0 Å². The molecule has 1 fully saturated rings. The summed E-state index contributed by atoms with van der Waals surface area (Å²) in [7, 11) is 0. The predicted molar refractivity (Wildman–Crippen MR) is 112 cm³/mol. The molecule has 0 saturated carbocycles. The molecule has 2 aromatic rings. The van der Waals surface area contributed by atoms with E-state index in [0.29, 0.717) is 18.8 Å². The van der Waals surface area contributed by atoms with E-state index in [9.17, 15) is 4.79 Å². The van der Waals surface area contributed by atoms with Crippen LogP contribution in [0.2, 0.25) is 0 Å². The number of pyridine rings is 1. The number of amides is 1. The van der Waals surface area contributed by atoms with E-state index in [1.165, 1.54) is 0 Å². The second-order valence-electron chi connectivity index (χ2n) is 8.04. The number of carbonyl (C=O) groups excluding carboxylic acids is 1. The minimum atomic E-state index is -0.499. The van der Waals surface area contributed by atoms with Gasteiger partial charge in [0.25, 0.3) is 0 Å². The summed E-state index contributed by atoms with van der Waals surface area (Å²) in [6, 6.07) is 5.71. The first-order valence-electron chi connectivity index (χ1n) is 9.70. The second-order valence-corrected chi connectivity index (χ2v) is 8.04. The number of nitrogens with zero attached hydrogens (tertiary/aromatic N) is 4. The van der Waals surface area contributed by atoms with Crippen LogP contribution in [0.4, 0.5) is 4.79 Å². The highest BCUT2D eigenvalue weighted by Crippen LogP contribution is 2.22. The number of ether oxygens (including phenoxy) is 2. The molecule has 1 unspecified atom stereocenters. The van der Waals surface area contributed by atoms with Crippen molar-refractivity contribution in [1.29, 1.82) is 0 Å². The Kier molecular flexibility index (Phi) is 6.06. The summed E-state index contributed by atoms with van der Waals surface area (Å²) in [5.41, 5.74) is 2.17. The van der Waals surface area contributed by atoms with Gasteiger partial charge in [0, 0.05) is 36.6 Å². The lowest BCUT2D eigenvalue weighted by Crippen LogP contribution is -2.36. The summed E-state index contributed by atoms with van der Waals surface area (Å²) >= 11 is 0. The highest BCUT2D eigenvalue weighted by atomic mass is 16.6. The van der Waals surface area contributed by atoms with Crippen molar-refractivity contribution in [3.05, 3.63) is 54.6 Å². The lowest BCUT2D eigenvalue weighted by molar-refractivity contribution is 0.0275. The fourth-order valence-corrected chi connectivity index (χ4v) is 3.00. The predicted octanol–water partition coefficient (Wildman–Crippen LogP) is 4.16. The zero-order valence-corrected chi connectivity index (χ0v) is 17.5. The average molecular weight is 396 g/mol. The van der Waals surface area contributed by atoms with Crippen LogP contribution in [0.3, 0.4) is 0 Å². The van der Waals surface area contributed by atoms with Crippen LogP contribution in [-0.4, -0.2) is 50.6 Å². The summed E-state index contributed by atoms with van der Waals surface area (Å²) in [5.74, 6) is 0.670. The Bertz CT molecular complexity index is 894. The first-order valence-corrected chi connectivity index (χ1v) is 9.70. The number of hydrogen-bond acceptors (Lipinski definition) is 5. The monoisotopic (exact) mass is 396 g/mol. The van der Waals surface area contributed by atoms with Crippen molar-refractivity contribution < 1.29 is 14.3 Å². The van der Waals surface area contributed by atoms with Gasteiger partial charge in [0.15, 0.2) is 0 Å². The molecule has 154 valence electrons. The first-order chi connectivity index (χ1) is 13.7. The third-order valence-electron chi connectivity index (χ3n) is 4.48. The van der Waals surface area contributed by atoms with E-state index in [0.717, 1.165) is 23.4 Å². The van der Waals surface area contributed by atoms with Crippen LogP contribution in [-0.2, 0) is 4.74 Å². The third-order valence-corrected chi connectivity index (χ3v) is 4.48. The molecule has 0 aliphatic carbocycles. The number of aromatic nitrogens is 3. The van der Waals surface area contributed by atoms with Crippen molar-refractivity contribution in [3.63, 3.8) is 0 Å². The molecule has 0 radical (unpaired) electrons. The van der Waals surface area contributed by atoms with E-state index in [2.05, 4.69) is 16.7 Å². The molecular formula is C22H28N4O3. The minimum Gasteiger partial charge on any atom is -0.487 e. The van der Waals surface area contributed by atoms with Gasteiger partial charge < -0.3 is 14.4 Å². The van der Waals surface area contributed by atoms with Crippen molar-refractivity contribution >= 4 is 17.9 Å². The van der Waals surface area contributed by atoms with Gasteiger partial charge >= 0.3 is 6.09 Å². The zero-order valence-electron chi connectivity index (χ0n) is 17.5. The van der Waals surface area contributed by atoms with Gasteiger partial charge in [-0.15, -0.1) is 0 Å². The quantitative estimate of drug-likeness (QED) is 0.710. The van der Waals surface area contributed by atoms with Crippen molar-refractivity contribution in [2.45, 2.75) is 45.8 Å². The second kappa shape index (κ2) is 8.51. The average Bonchev–Trinajstić information content (AvgIpc) is 3.28. The Morgan fingerprint density at radius 1 is 1.31 bits per heavy atom. The van der Waals surface area contributed by atoms with Gasteiger partial charge in [0.2, 0.25) is 0 Å². The number of carbonyl (C=O) groups is 1. The van der Waals surface area contributed by atoms with E-state index < -0.39 is 5.60 Å². The molecule has 1 saturated heterocycles. The van der Waals surface area contributed by atoms with Crippen LogP contribution in [0.5, 0.6) is 5.75 Å². The normalized spacial score (nSPS) is 17.3. The van der Waals surface area contributed by atoms with Crippen LogP contribution in [0.25, 0.3) is 11.8 Å². The van der Waals surface area contributed by atoms with Crippen LogP contribution < -0.4 is 4.74 Å². The summed E-state index contributed by atoms with van der Waals surface area (Å²) in [5, 5.41) is 4.26. The van der Waals surface area contributed by atoms with Crippen LogP contribution in [0.1, 0.15) is 38.6 Å². The fraction of sp³-hybridized carbons (Fsp3) is 0.409. The van der Waals surface area contributed by atoms with E-state index in [4.69, 9.17) is 9.47 Å². The molecule has 1 aliphatic rings. The number of rotatable bonds is 5. The first kappa shape index (κ1) is 20.6. The van der Waals surface area contributed by atoms with E-state index in [1.54, 1.807) is 28.1 Å². The Balaban J connectivity index is 1.61. The van der Waals surface area contributed by atoms with E-state index in [-0.39, 0.29) is 12.2 Å². The Morgan fingerprint density at radius 3 is 2.69 bits per heavy atom. The highest BCUT2D eigenvalue weighted by molar-refractivity contribution is 5.80.